The number of halogens is 1. The maximum absolute atomic E-state index is 14.4. The Kier molecular flexibility index (Phi) is 5.71. The third kappa shape index (κ3) is 4.02. The number of hydrogen-bond donors (Lipinski definition) is 2. The van der Waals surface area contributed by atoms with Crippen molar-refractivity contribution in [1.29, 1.82) is 0 Å². The van der Waals surface area contributed by atoms with Gasteiger partial charge in [0, 0.05) is 12.2 Å². The molecule has 0 aliphatic carbocycles. The summed E-state index contributed by atoms with van der Waals surface area (Å²) in [6, 6.07) is 7.90. The maximum Gasteiger partial charge on any atom is 0.243 e. The van der Waals surface area contributed by atoms with Gasteiger partial charge < -0.3 is 10.2 Å². The molecule has 2 N–H and O–H groups in total. The highest BCUT2D eigenvalue weighted by Gasteiger charge is 2.24. The lowest BCUT2D eigenvalue weighted by Crippen LogP contribution is -2.37. The van der Waals surface area contributed by atoms with Crippen LogP contribution >= 0.6 is 0 Å². The summed E-state index contributed by atoms with van der Waals surface area (Å²) in [5, 5.41) is 2.72. The number of fused-ring (bicyclic) bond motifs is 1. The standard InChI is InChI=1S/C20H24FN3O3S/c1-13-7-9-17(21)20-16(13)5-4-10-24(20)12-19(25)23-15-8-6-14(2)18(11-15)28(26,27)22-3/h6-9,11,22H,4-5,10,12H2,1-3H3,(H,23,25). The van der Waals surface area contributed by atoms with Crippen LogP contribution in [0.25, 0.3) is 0 Å². The quantitative estimate of drug-likeness (QED) is 0.802. The van der Waals surface area contributed by atoms with E-state index in [1.165, 1.54) is 19.2 Å². The molecule has 0 saturated carbocycles. The topological polar surface area (TPSA) is 78.5 Å². The lowest BCUT2D eigenvalue weighted by molar-refractivity contribution is -0.115. The van der Waals surface area contributed by atoms with E-state index in [9.17, 15) is 17.6 Å². The zero-order chi connectivity index (χ0) is 20.5. The normalized spacial score (nSPS) is 13.9. The number of nitrogens with zero attached hydrogens (tertiary/aromatic N) is 1. The zero-order valence-corrected chi connectivity index (χ0v) is 17.0. The Morgan fingerprint density at radius 1 is 1.18 bits per heavy atom. The van der Waals surface area contributed by atoms with Crippen LogP contribution in [0.4, 0.5) is 15.8 Å². The molecule has 1 aliphatic rings. The maximum atomic E-state index is 14.4. The molecule has 28 heavy (non-hydrogen) atoms. The molecule has 1 amide bonds. The van der Waals surface area contributed by atoms with Crippen LogP contribution in [0.3, 0.4) is 0 Å². The van der Waals surface area contributed by atoms with Gasteiger partial charge in [-0.25, -0.2) is 17.5 Å². The van der Waals surface area contributed by atoms with Crippen LogP contribution in [0.2, 0.25) is 0 Å². The Bertz CT molecular complexity index is 1020. The summed E-state index contributed by atoms with van der Waals surface area (Å²) in [5.74, 6) is -0.656. The minimum Gasteiger partial charge on any atom is -0.360 e. The van der Waals surface area contributed by atoms with Gasteiger partial charge in [-0.1, -0.05) is 12.1 Å². The number of rotatable bonds is 5. The van der Waals surface area contributed by atoms with E-state index in [0.717, 1.165) is 24.0 Å². The molecule has 0 aromatic heterocycles. The highest BCUT2D eigenvalue weighted by atomic mass is 32.2. The minimum atomic E-state index is -3.63. The number of carbonyl (C=O) groups is 1. The van der Waals surface area contributed by atoms with Crippen LogP contribution in [0, 0.1) is 19.7 Å². The number of sulfonamides is 1. The molecule has 0 saturated heterocycles. The van der Waals surface area contributed by atoms with Crippen molar-refractivity contribution in [3.05, 3.63) is 52.8 Å². The fourth-order valence-electron chi connectivity index (χ4n) is 3.53. The van der Waals surface area contributed by atoms with E-state index in [-0.39, 0.29) is 23.2 Å². The molecule has 0 unspecified atom stereocenters. The number of benzene rings is 2. The first-order valence-electron chi connectivity index (χ1n) is 9.10. The first-order valence-corrected chi connectivity index (χ1v) is 10.6. The summed E-state index contributed by atoms with van der Waals surface area (Å²) >= 11 is 0. The van der Waals surface area contributed by atoms with E-state index in [4.69, 9.17) is 0 Å². The summed E-state index contributed by atoms with van der Waals surface area (Å²) in [4.78, 5) is 14.4. The monoisotopic (exact) mass is 405 g/mol. The predicted octanol–water partition coefficient (Wildman–Crippen LogP) is 2.74. The van der Waals surface area contributed by atoms with Crippen LogP contribution < -0.4 is 14.9 Å². The molecule has 0 spiro atoms. The number of carbonyl (C=O) groups excluding carboxylic acids is 1. The van der Waals surface area contributed by atoms with Crippen molar-refractivity contribution in [3.63, 3.8) is 0 Å². The van der Waals surface area contributed by atoms with Crippen LogP contribution in [0.5, 0.6) is 0 Å². The summed E-state index contributed by atoms with van der Waals surface area (Å²) < 4.78 is 40.9. The van der Waals surface area contributed by atoms with E-state index in [0.29, 0.717) is 23.5 Å². The second-order valence-electron chi connectivity index (χ2n) is 6.95. The van der Waals surface area contributed by atoms with E-state index in [2.05, 4.69) is 10.0 Å². The molecule has 0 radical (unpaired) electrons. The minimum absolute atomic E-state index is 0.00460. The van der Waals surface area contributed by atoms with Crippen molar-refractivity contribution in [2.45, 2.75) is 31.6 Å². The van der Waals surface area contributed by atoms with Gasteiger partial charge >= 0.3 is 0 Å². The highest BCUT2D eigenvalue weighted by Crippen LogP contribution is 2.32. The second-order valence-corrected chi connectivity index (χ2v) is 8.81. The molecular formula is C20H24FN3O3S. The first kappa shape index (κ1) is 20.3. The van der Waals surface area contributed by atoms with E-state index in [1.807, 2.05) is 6.92 Å². The van der Waals surface area contributed by atoms with Crippen LogP contribution in [0.1, 0.15) is 23.1 Å². The number of anilines is 2. The Hall–Kier alpha value is -2.45. The number of aryl methyl sites for hydroxylation is 2. The van der Waals surface area contributed by atoms with Gasteiger partial charge in [-0.05, 0) is 68.6 Å². The fourth-order valence-corrected chi connectivity index (χ4v) is 4.53. The zero-order valence-electron chi connectivity index (χ0n) is 16.2. The first-order chi connectivity index (χ1) is 13.2. The second kappa shape index (κ2) is 7.89. The lowest BCUT2D eigenvalue weighted by Gasteiger charge is -2.32. The average molecular weight is 405 g/mol. The summed E-state index contributed by atoms with van der Waals surface area (Å²) in [5.41, 5.74) is 3.41. The average Bonchev–Trinajstić information content (AvgIpc) is 2.66. The van der Waals surface area contributed by atoms with Gasteiger partial charge in [0.2, 0.25) is 15.9 Å². The van der Waals surface area contributed by atoms with Crippen LogP contribution in [-0.2, 0) is 21.2 Å². The van der Waals surface area contributed by atoms with Gasteiger partial charge in [0.25, 0.3) is 0 Å². The molecule has 1 aliphatic heterocycles. The van der Waals surface area contributed by atoms with Crippen LogP contribution in [-0.4, -0.2) is 34.5 Å². The van der Waals surface area contributed by atoms with Gasteiger partial charge in [-0.2, -0.15) is 0 Å². The SMILES string of the molecule is CNS(=O)(=O)c1cc(NC(=O)CN2CCCc3c(C)ccc(F)c32)ccc1C. The van der Waals surface area contributed by atoms with Crippen molar-refractivity contribution in [2.24, 2.45) is 0 Å². The summed E-state index contributed by atoms with van der Waals surface area (Å²) in [6.45, 7) is 4.22. The Labute approximate surface area is 164 Å². The molecule has 6 nitrogen and oxygen atoms in total. The van der Waals surface area contributed by atoms with Gasteiger partial charge in [0.1, 0.15) is 5.82 Å². The number of amides is 1. The van der Waals surface area contributed by atoms with E-state index >= 15 is 0 Å². The van der Waals surface area contributed by atoms with Crippen molar-refractivity contribution in [3.8, 4) is 0 Å². The molecular weight excluding hydrogens is 381 g/mol. The molecule has 2 aromatic rings. The van der Waals surface area contributed by atoms with Crippen molar-refractivity contribution in [1.82, 2.24) is 4.72 Å². The van der Waals surface area contributed by atoms with Crippen molar-refractivity contribution < 1.29 is 17.6 Å². The largest absolute Gasteiger partial charge is 0.360 e. The fraction of sp³-hybridized carbons (Fsp3) is 0.350. The van der Waals surface area contributed by atoms with Gasteiger partial charge in [0.05, 0.1) is 17.1 Å². The summed E-state index contributed by atoms with van der Waals surface area (Å²) in [7, 11) is -2.29. The van der Waals surface area contributed by atoms with E-state index in [1.54, 1.807) is 30.0 Å². The van der Waals surface area contributed by atoms with Crippen LogP contribution in [0.15, 0.2) is 35.2 Å². The molecule has 0 atom stereocenters. The molecule has 0 fully saturated rings. The molecule has 0 bridgehead atoms. The molecule has 150 valence electrons. The third-order valence-corrected chi connectivity index (χ3v) is 6.56. The molecule has 1 heterocycles. The molecule has 3 rings (SSSR count). The lowest BCUT2D eigenvalue weighted by atomic mass is 9.96. The van der Waals surface area contributed by atoms with Crippen molar-refractivity contribution in [2.75, 3.05) is 30.4 Å². The molecule has 8 heteroatoms. The van der Waals surface area contributed by atoms with E-state index < -0.39 is 10.0 Å². The van der Waals surface area contributed by atoms with Gasteiger partial charge in [-0.3, -0.25) is 4.79 Å². The van der Waals surface area contributed by atoms with Gasteiger partial charge in [0.15, 0.2) is 0 Å². The number of nitrogens with one attached hydrogen (secondary N) is 2. The smallest absolute Gasteiger partial charge is 0.243 e. The van der Waals surface area contributed by atoms with Gasteiger partial charge in [-0.15, -0.1) is 0 Å². The highest BCUT2D eigenvalue weighted by molar-refractivity contribution is 7.89. The Morgan fingerprint density at radius 2 is 1.89 bits per heavy atom. The number of hydrogen-bond acceptors (Lipinski definition) is 4. The molecule has 2 aromatic carbocycles. The Balaban J connectivity index is 1.80. The predicted molar refractivity (Wildman–Crippen MR) is 108 cm³/mol. The summed E-state index contributed by atoms with van der Waals surface area (Å²) in [6.07, 6.45) is 1.64. The third-order valence-electron chi connectivity index (χ3n) is 5.00. The Morgan fingerprint density at radius 3 is 2.61 bits per heavy atom. The van der Waals surface area contributed by atoms with Crippen molar-refractivity contribution >= 4 is 27.3 Å².